The normalized spacial score (nSPS) is 17.3. The summed E-state index contributed by atoms with van der Waals surface area (Å²) in [6.07, 6.45) is 4.32. The lowest BCUT2D eigenvalue weighted by atomic mass is 10.1. The summed E-state index contributed by atoms with van der Waals surface area (Å²) in [5, 5.41) is 0. The molecule has 2 rings (SSSR count). The summed E-state index contributed by atoms with van der Waals surface area (Å²) in [6, 6.07) is 1.38. The Morgan fingerprint density at radius 1 is 1.56 bits per heavy atom. The molecule has 1 unspecified atom stereocenters. The molecule has 0 bridgehead atoms. The molecule has 0 amide bonds. The van der Waals surface area contributed by atoms with Gasteiger partial charge in [-0.3, -0.25) is 14.3 Å². The fourth-order valence-electron chi connectivity index (χ4n) is 2.09. The molecule has 88 valence electrons. The number of nitrogen functional groups attached to an aromatic ring is 1. The molecule has 1 fully saturated rings. The van der Waals surface area contributed by atoms with Crippen LogP contribution in [-0.2, 0) is 0 Å². The van der Waals surface area contributed by atoms with Crippen LogP contribution in [0.2, 0.25) is 0 Å². The predicted octanol–water partition coefficient (Wildman–Crippen LogP) is 0.870. The number of nitrogens with one attached hydrogen (secondary N) is 1. The summed E-state index contributed by atoms with van der Waals surface area (Å²) < 4.78 is 1.51. The maximum atomic E-state index is 11.7. The lowest BCUT2D eigenvalue weighted by Gasteiger charge is -2.19. The first-order valence-corrected chi connectivity index (χ1v) is 5.73. The summed E-state index contributed by atoms with van der Waals surface area (Å²) in [5.41, 5.74) is 4.92. The zero-order chi connectivity index (χ0) is 11.7. The van der Waals surface area contributed by atoms with Gasteiger partial charge >= 0.3 is 5.69 Å². The summed E-state index contributed by atoms with van der Waals surface area (Å²) in [5.74, 6) is 0.990. The number of H-pyrrole nitrogens is 1. The highest BCUT2D eigenvalue weighted by Crippen LogP contribution is 2.37. The lowest BCUT2D eigenvalue weighted by molar-refractivity contribution is 0.416. The van der Waals surface area contributed by atoms with Gasteiger partial charge < -0.3 is 5.73 Å². The van der Waals surface area contributed by atoms with E-state index in [1.54, 1.807) is 0 Å². The fraction of sp³-hybridized carbons (Fsp3) is 0.636. The van der Waals surface area contributed by atoms with Crippen molar-refractivity contribution in [3.05, 3.63) is 26.9 Å². The third-order valence-corrected chi connectivity index (χ3v) is 3.14. The van der Waals surface area contributed by atoms with Crippen molar-refractivity contribution in [2.24, 2.45) is 5.92 Å². The minimum Gasteiger partial charge on any atom is -0.385 e. The molecule has 0 aliphatic heterocycles. The Morgan fingerprint density at radius 2 is 2.25 bits per heavy atom. The van der Waals surface area contributed by atoms with Crippen molar-refractivity contribution in [2.75, 3.05) is 5.73 Å². The standard InChI is InChI=1S/C11H17N3O2/c1-2-8(5-7-3-4-7)14-9(12)6-10(15)13-11(14)16/h6-8H,2-5,12H2,1H3,(H,13,15,16). The highest BCUT2D eigenvalue weighted by molar-refractivity contribution is 5.27. The number of nitrogens with zero attached hydrogens (tertiary/aromatic N) is 1. The highest BCUT2D eigenvalue weighted by atomic mass is 16.2. The molecule has 16 heavy (non-hydrogen) atoms. The Hall–Kier alpha value is -1.52. The summed E-state index contributed by atoms with van der Waals surface area (Å²) in [7, 11) is 0. The number of hydrogen-bond acceptors (Lipinski definition) is 3. The van der Waals surface area contributed by atoms with E-state index < -0.39 is 11.2 Å². The second kappa shape index (κ2) is 4.15. The van der Waals surface area contributed by atoms with Gasteiger partial charge in [-0.05, 0) is 18.8 Å². The van der Waals surface area contributed by atoms with Crippen molar-refractivity contribution < 1.29 is 0 Å². The Morgan fingerprint density at radius 3 is 2.75 bits per heavy atom. The average molecular weight is 223 g/mol. The summed E-state index contributed by atoms with van der Waals surface area (Å²) >= 11 is 0. The second-order valence-corrected chi connectivity index (χ2v) is 4.47. The molecular formula is C11H17N3O2. The van der Waals surface area contributed by atoms with Crippen LogP contribution in [0.1, 0.15) is 38.6 Å². The van der Waals surface area contributed by atoms with Crippen LogP contribution in [0.15, 0.2) is 15.7 Å². The van der Waals surface area contributed by atoms with Crippen LogP contribution in [0, 0.1) is 5.92 Å². The molecule has 1 aliphatic carbocycles. The fourth-order valence-corrected chi connectivity index (χ4v) is 2.09. The lowest BCUT2D eigenvalue weighted by Crippen LogP contribution is -2.34. The molecule has 0 saturated heterocycles. The maximum Gasteiger partial charge on any atom is 0.330 e. The zero-order valence-electron chi connectivity index (χ0n) is 9.40. The van der Waals surface area contributed by atoms with Crippen LogP contribution >= 0.6 is 0 Å². The van der Waals surface area contributed by atoms with E-state index in [1.807, 2.05) is 6.92 Å². The van der Waals surface area contributed by atoms with Crippen molar-refractivity contribution in [1.82, 2.24) is 9.55 Å². The largest absolute Gasteiger partial charge is 0.385 e. The number of nitrogens with two attached hydrogens (primary N) is 1. The summed E-state index contributed by atoms with van der Waals surface area (Å²) in [6.45, 7) is 2.03. The zero-order valence-corrected chi connectivity index (χ0v) is 9.40. The van der Waals surface area contributed by atoms with Crippen molar-refractivity contribution >= 4 is 5.82 Å². The smallest absolute Gasteiger partial charge is 0.330 e. The summed E-state index contributed by atoms with van der Waals surface area (Å²) in [4.78, 5) is 25.0. The minimum atomic E-state index is -0.431. The van der Waals surface area contributed by atoms with Gasteiger partial charge in [-0.1, -0.05) is 19.8 Å². The molecule has 0 radical (unpaired) electrons. The predicted molar refractivity (Wildman–Crippen MR) is 62.4 cm³/mol. The van der Waals surface area contributed by atoms with Crippen LogP contribution in [0.3, 0.4) is 0 Å². The van der Waals surface area contributed by atoms with E-state index in [2.05, 4.69) is 4.98 Å². The highest BCUT2D eigenvalue weighted by Gasteiger charge is 2.26. The number of rotatable bonds is 4. The first-order chi connectivity index (χ1) is 7.61. The van der Waals surface area contributed by atoms with Crippen LogP contribution < -0.4 is 17.0 Å². The van der Waals surface area contributed by atoms with E-state index in [1.165, 1.54) is 23.5 Å². The third kappa shape index (κ3) is 2.18. The van der Waals surface area contributed by atoms with Gasteiger partial charge in [0.15, 0.2) is 0 Å². The van der Waals surface area contributed by atoms with Gasteiger partial charge in [-0.2, -0.15) is 0 Å². The molecule has 5 nitrogen and oxygen atoms in total. The van der Waals surface area contributed by atoms with Gasteiger partial charge in [0, 0.05) is 12.1 Å². The van der Waals surface area contributed by atoms with Gasteiger partial charge in [0.2, 0.25) is 0 Å². The molecule has 0 spiro atoms. The van der Waals surface area contributed by atoms with E-state index in [9.17, 15) is 9.59 Å². The quantitative estimate of drug-likeness (QED) is 0.794. The monoisotopic (exact) mass is 223 g/mol. The number of anilines is 1. The molecule has 0 aromatic carbocycles. The minimum absolute atomic E-state index is 0.108. The van der Waals surface area contributed by atoms with E-state index in [-0.39, 0.29) is 11.9 Å². The Balaban J connectivity index is 2.36. The molecule has 1 saturated carbocycles. The van der Waals surface area contributed by atoms with Gasteiger partial charge in [0.1, 0.15) is 5.82 Å². The number of aromatic amines is 1. The van der Waals surface area contributed by atoms with E-state index in [0.717, 1.165) is 18.8 Å². The molecule has 1 aromatic heterocycles. The first-order valence-electron chi connectivity index (χ1n) is 5.73. The van der Waals surface area contributed by atoms with Crippen LogP contribution in [-0.4, -0.2) is 9.55 Å². The Labute approximate surface area is 93.3 Å². The molecule has 1 aliphatic rings. The van der Waals surface area contributed by atoms with Crippen molar-refractivity contribution in [3.63, 3.8) is 0 Å². The number of aromatic nitrogens is 2. The molecule has 5 heteroatoms. The molecule has 1 aromatic rings. The molecule has 3 N–H and O–H groups in total. The van der Waals surface area contributed by atoms with E-state index in [4.69, 9.17) is 5.73 Å². The Bertz CT molecular complexity index is 485. The van der Waals surface area contributed by atoms with Crippen LogP contribution in [0.25, 0.3) is 0 Å². The van der Waals surface area contributed by atoms with E-state index >= 15 is 0 Å². The molecule has 1 atom stereocenters. The molecule has 1 heterocycles. The maximum absolute atomic E-state index is 11.7. The number of hydrogen-bond donors (Lipinski definition) is 2. The topological polar surface area (TPSA) is 80.9 Å². The Kier molecular flexibility index (Phi) is 2.85. The third-order valence-electron chi connectivity index (χ3n) is 3.14. The van der Waals surface area contributed by atoms with Crippen molar-refractivity contribution in [2.45, 2.75) is 38.6 Å². The second-order valence-electron chi connectivity index (χ2n) is 4.47. The van der Waals surface area contributed by atoms with Gasteiger partial charge in [0.05, 0.1) is 0 Å². The van der Waals surface area contributed by atoms with Crippen molar-refractivity contribution in [1.29, 1.82) is 0 Å². The van der Waals surface area contributed by atoms with Gasteiger partial charge in [-0.15, -0.1) is 0 Å². The van der Waals surface area contributed by atoms with Crippen LogP contribution in [0.5, 0.6) is 0 Å². The van der Waals surface area contributed by atoms with E-state index in [0.29, 0.717) is 0 Å². The SMILES string of the molecule is CCC(CC1CC1)n1c(N)cc(=O)[nH]c1=O. The molecular weight excluding hydrogens is 206 g/mol. The van der Waals surface area contributed by atoms with Gasteiger partial charge in [0.25, 0.3) is 5.56 Å². The first kappa shape index (κ1) is 11.0. The average Bonchev–Trinajstić information content (AvgIpc) is 2.98. The van der Waals surface area contributed by atoms with Gasteiger partial charge in [-0.25, -0.2) is 4.79 Å². The van der Waals surface area contributed by atoms with Crippen molar-refractivity contribution in [3.8, 4) is 0 Å². The van der Waals surface area contributed by atoms with Crippen LogP contribution in [0.4, 0.5) is 5.82 Å².